The van der Waals surface area contributed by atoms with Crippen LogP contribution < -0.4 is 0 Å². The van der Waals surface area contributed by atoms with Crippen molar-refractivity contribution in [3.63, 3.8) is 0 Å². The summed E-state index contributed by atoms with van der Waals surface area (Å²) in [6, 6.07) is 0. The fourth-order valence-corrected chi connectivity index (χ4v) is 27.9. The Hall–Kier alpha value is 1.34. The van der Waals surface area contributed by atoms with Gasteiger partial charge in [-0.25, -0.2) is 0 Å². The summed E-state index contributed by atoms with van der Waals surface area (Å²) in [6.07, 6.45) is 23.1. The predicted molar refractivity (Wildman–Crippen MR) is 106 cm³/mol. The normalized spacial score (nSPS) is 23.0. The molecule has 3 heteroatoms. The first-order valence-electron chi connectivity index (χ1n) is 10.4. The summed E-state index contributed by atoms with van der Waals surface area (Å²) in [4.78, 5) is 0. The van der Waals surface area contributed by atoms with Crippen LogP contribution in [0.2, 0.25) is 0 Å². The zero-order valence-electron chi connectivity index (χ0n) is 15.5. The van der Waals surface area contributed by atoms with Gasteiger partial charge in [-0.3, -0.25) is 0 Å². The topological polar surface area (TPSA) is 0 Å². The summed E-state index contributed by atoms with van der Waals surface area (Å²) < 4.78 is -1.36. The molecule has 0 heterocycles. The summed E-state index contributed by atoms with van der Waals surface area (Å²) >= 11 is -0.743. The van der Waals surface area contributed by atoms with Crippen LogP contribution in [-0.4, -0.2) is 11.3 Å². The molecule has 0 N–H and O–H groups in total. The van der Waals surface area contributed by atoms with Crippen molar-refractivity contribution in [3.05, 3.63) is 11.4 Å². The number of halogens is 1. The molecule has 23 heavy (non-hydrogen) atoms. The molecule has 2 aliphatic rings. The fourth-order valence-electron chi connectivity index (χ4n) is 5.25. The molecular formula is C20H38ClPZr. The molecule has 0 aromatic heterocycles. The van der Waals surface area contributed by atoms with Crippen LogP contribution in [0, 0.1) is 0 Å². The molecule has 2 rings (SSSR count). The van der Waals surface area contributed by atoms with Crippen molar-refractivity contribution in [1.29, 1.82) is 0 Å². The van der Waals surface area contributed by atoms with Gasteiger partial charge in [-0.05, 0) is 0 Å². The molecule has 0 aromatic rings. The Morgan fingerprint density at radius 3 is 1.83 bits per heavy atom. The number of allylic oxidation sites excluding steroid dienone is 2. The number of unbranched alkanes of at least 4 members (excludes halogenated alkanes) is 1. The van der Waals surface area contributed by atoms with Crippen LogP contribution in [0.15, 0.2) is 11.4 Å². The average molecular weight is 436 g/mol. The summed E-state index contributed by atoms with van der Waals surface area (Å²) in [5.41, 5.74) is 2.14. The molecule has 0 radical (unpaired) electrons. The van der Waals surface area contributed by atoms with Gasteiger partial charge in [0.2, 0.25) is 0 Å². The third kappa shape index (κ3) is 5.17. The molecule has 0 aromatic carbocycles. The quantitative estimate of drug-likeness (QED) is 0.338. The predicted octanol–water partition coefficient (Wildman–Crippen LogP) is 8.04. The van der Waals surface area contributed by atoms with Gasteiger partial charge in [0.1, 0.15) is 0 Å². The van der Waals surface area contributed by atoms with E-state index in [4.69, 9.17) is 8.51 Å². The van der Waals surface area contributed by atoms with E-state index < -0.39 is 26.0 Å². The van der Waals surface area contributed by atoms with Gasteiger partial charge in [0.25, 0.3) is 0 Å². The van der Waals surface area contributed by atoms with Crippen LogP contribution in [0.4, 0.5) is 0 Å². The van der Waals surface area contributed by atoms with E-state index in [-0.39, 0.29) is 0 Å². The van der Waals surface area contributed by atoms with Crippen molar-refractivity contribution in [1.82, 2.24) is 0 Å². The minimum absolute atomic E-state index is 0.743. The second-order valence-corrected chi connectivity index (χ2v) is 23.0. The van der Waals surface area contributed by atoms with Crippen LogP contribution >= 0.6 is 13.1 Å². The van der Waals surface area contributed by atoms with Crippen molar-refractivity contribution in [2.75, 3.05) is 0 Å². The van der Waals surface area contributed by atoms with E-state index in [1.165, 1.54) is 89.9 Å². The Balaban J connectivity index is 2.36. The van der Waals surface area contributed by atoms with Crippen LogP contribution in [0.1, 0.15) is 104 Å². The maximum absolute atomic E-state index is 7.09. The Morgan fingerprint density at radius 1 is 0.913 bits per heavy atom. The van der Waals surface area contributed by atoms with E-state index in [2.05, 4.69) is 19.9 Å². The fraction of sp³-hybridized carbons (Fsp3) is 0.900. The van der Waals surface area contributed by atoms with Crippen LogP contribution in [-0.2, 0) is 21.5 Å². The van der Waals surface area contributed by atoms with Crippen LogP contribution in [0.25, 0.3) is 0 Å². The Labute approximate surface area is 160 Å². The number of rotatable bonds is 8. The van der Waals surface area contributed by atoms with Crippen molar-refractivity contribution in [3.8, 4) is 0 Å². The molecule has 2 saturated carbocycles. The first kappa shape index (κ1) is 20.7. The van der Waals surface area contributed by atoms with E-state index in [0.717, 1.165) is 11.3 Å². The van der Waals surface area contributed by atoms with Crippen molar-refractivity contribution in [2.24, 2.45) is 0 Å². The van der Waals surface area contributed by atoms with E-state index in [1.54, 1.807) is 0 Å². The van der Waals surface area contributed by atoms with Gasteiger partial charge in [-0.15, -0.1) is 0 Å². The average Bonchev–Trinajstić information content (AvgIpc) is 2.62. The Kier molecular flexibility index (Phi) is 10.0. The van der Waals surface area contributed by atoms with E-state index >= 15 is 0 Å². The molecule has 0 saturated heterocycles. The van der Waals surface area contributed by atoms with Gasteiger partial charge in [-0.1, -0.05) is 0 Å². The van der Waals surface area contributed by atoms with Crippen molar-refractivity contribution < 1.29 is 21.5 Å². The van der Waals surface area contributed by atoms with Crippen LogP contribution in [0.3, 0.4) is 0 Å². The summed E-state index contributed by atoms with van der Waals surface area (Å²) in [6.45, 7) is 4.73. The van der Waals surface area contributed by atoms with Gasteiger partial charge < -0.3 is 0 Å². The zero-order chi connectivity index (χ0) is 16.5. The van der Waals surface area contributed by atoms with Gasteiger partial charge in [0.15, 0.2) is 0 Å². The first-order valence-corrected chi connectivity index (χ1v) is 19.4. The molecule has 0 atom stereocenters. The molecule has 134 valence electrons. The third-order valence-corrected chi connectivity index (χ3v) is 28.2. The van der Waals surface area contributed by atoms with Crippen molar-refractivity contribution >= 4 is 13.1 Å². The second kappa shape index (κ2) is 11.1. The minimum atomic E-state index is -1.36. The maximum atomic E-state index is 7.09. The standard InChI is InChI=1S/C20H37P.ClH.Zr/c1-3-5-13-18(12-4-2)21(19-14-8-6-9-15-19)20-16-10-7-11-17-20;;/h13,19-20H,3-12,14-17H2,1-2H3;1H;. The molecule has 2 fully saturated rings. The number of hydrogen-bond donors (Lipinski definition) is 0. The molecule has 0 amide bonds. The second-order valence-electron chi connectivity index (χ2n) is 7.90. The summed E-state index contributed by atoms with van der Waals surface area (Å²) in [5, 5.41) is 1.97. The SMILES string of the molecule is CCCC=C(CCC)[PH]([Zr][Cl])(C1CCCCC1)C1CCCCC1. The first-order chi connectivity index (χ1) is 11.3. The Bertz CT molecular complexity index is 339. The molecule has 0 nitrogen and oxygen atoms in total. The zero-order valence-corrected chi connectivity index (χ0v) is 19.7. The number of hydrogen-bond acceptors (Lipinski definition) is 0. The molecule has 0 unspecified atom stereocenters. The van der Waals surface area contributed by atoms with E-state index in [1.807, 2.05) is 5.31 Å². The summed E-state index contributed by atoms with van der Waals surface area (Å²) in [7, 11) is 7.09. The molecule has 2 aliphatic carbocycles. The van der Waals surface area contributed by atoms with E-state index in [0.29, 0.717) is 0 Å². The third-order valence-electron chi connectivity index (χ3n) is 6.38. The summed E-state index contributed by atoms with van der Waals surface area (Å²) in [5.74, 6) is 0. The van der Waals surface area contributed by atoms with Gasteiger partial charge in [-0.2, -0.15) is 0 Å². The van der Waals surface area contributed by atoms with Crippen LogP contribution in [0.5, 0.6) is 0 Å². The van der Waals surface area contributed by atoms with Gasteiger partial charge in [0, 0.05) is 0 Å². The Morgan fingerprint density at radius 2 is 1.43 bits per heavy atom. The van der Waals surface area contributed by atoms with Crippen molar-refractivity contribution in [2.45, 2.75) is 115 Å². The van der Waals surface area contributed by atoms with E-state index in [9.17, 15) is 0 Å². The monoisotopic (exact) mass is 434 g/mol. The van der Waals surface area contributed by atoms with Gasteiger partial charge in [0.05, 0.1) is 0 Å². The molecule has 0 bridgehead atoms. The molecular weight excluding hydrogens is 398 g/mol. The van der Waals surface area contributed by atoms with Gasteiger partial charge >= 0.3 is 161 Å². The molecule has 0 spiro atoms. The molecule has 0 aliphatic heterocycles.